The van der Waals surface area contributed by atoms with Crippen LogP contribution in [0.5, 0.6) is 0 Å². The van der Waals surface area contributed by atoms with Crippen molar-refractivity contribution in [2.24, 2.45) is 5.92 Å². The molecule has 1 fully saturated rings. The summed E-state index contributed by atoms with van der Waals surface area (Å²) in [6.45, 7) is 1.60. The minimum absolute atomic E-state index is 0.0346. The number of alkyl halides is 3. The van der Waals surface area contributed by atoms with E-state index in [9.17, 15) is 27.6 Å². The van der Waals surface area contributed by atoms with Gasteiger partial charge in [-0.1, -0.05) is 12.1 Å². The second-order valence-electron chi connectivity index (χ2n) is 6.71. The van der Waals surface area contributed by atoms with Crippen LogP contribution in [0.25, 0.3) is 0 Å². The number of amides is 3. The number of halogens is 3. The van der Waals surface area contributed by atoms with E-state index in [0.29, 0.717) is 11.3 Å². The number of carbonyl (C=O) groups excluding carboxylic acids is 3. The first kappa shape index (κ1) is 20.4. The fraction of sp³-hybridized carbons (Fsp3) is 0.316. The molecule has 0 bridgehead atoms. The number of furan rings is 1. The van der Waals surface area contributed by atoms with Crippen LogP contribution in [0.15, 0.2) is 41.0 Å². The van der Waals surface area contributed by atoms with Gasteiger partial charge in [-0.2, -0.15) is 13.2 Å². The SMILES string of the molecule is Cc1occc1C(=O)NNC(=O)[C@@H]1CC(=O)N(Cc2cccc(C(F)(F)F)c2)C1. The summed E-state index contributed by atoms with van der Waals surface area (Å²) in [4.78, 5) is 37.7. The van der Waals surface area contributed by atoms with Crippen molar-refractivity contribution in [3.63, 3.8) is 0 Å². The number of aryl methyl sites for hydroxylation is 1. The van der Waals surface area contributed by atoms with E-state index in [-0.39, 0.29) is 31.0 Å². The molecule has 1 aliphatic heterocycles. The molecule has 0 unspecified atom stereocenters. The van der Waals surface area contributed by atoms with E-state index in [1.54, 1.807) is 6.92 Å². The summed E-state index contributed by atoms with van der Waals surface area (Å²) in [5.41, 5.74) is 4.30. The Morgan fingerprint density at radius 2 is 2.00 bits per heavy atom. The molecule has 3 amide bonds. The van der Waals surface area contributed by atoms with Crippen molar-refractivity contribution in [1.29, 1.82) is 0 Å². The maximum atomic E-state index is 12.8. The summed E-state index contributed by atoms with van der Waals surface area (Å²) >= 11 is 0. The smallest absolute Gasteiger partial charge is 0.416 e. The predicted octanol–water partition coefficient (Wildman–Crippen LogP) is 2.42. The van der Waals surface area contributed by atoms with Gasteiger partial charge in [0.2, 0.25) is 11.8 Å². The quantitative estimate of drug-likeness (QED) is 0.759. The molecule has 29 heavy (non-hydrogen) atoms. The number of hydrogen-bond acceptors (Lipinski definition) is 4. The fourth-order valence-electron chi connectivity index (χ4n) is 3.08. The number of rotatable bonds is 4. The number of likely N-dealkylation sites (tertiary alicyclic amines) is 1. The molecule has 2 aromatic rings. The van der Waals surface area contributed by atoms with Gasteiger partial charge in [0.15, 0.2) is 0 Å². The molecule has 1 saturated heterocycles. The Kier molecular flexibility index (Phi) is 5.62. The minimum Gasteiger partial charge on any atom is -0.469 e. The zero-order chi connectivity index (χ0) is 21.2. The molecule has 0 radical (unpaired) electrons. The minimum atomic E-state index is -4.47. The van der Waals surface area contributed by atoms with E-state index in [1.807, 2.05) is 0 Å². The molecule has 154 valence electrons. The summed E-state index contributed by atoms with van der Waals surface area (Å²) < 4.78 is 43.5. The number of nitrogens with one attached hydrogen (secondary N) is 2. The predicted molar refractivity (Wildman–Crippen MR) is 94.0 cm³/mol. The topological polar surface area (TPSA) is 91.6 Å². The lowest BCUT2D eigenvalue weighted by Crippen LogP contribution is -2.45. The number of hydrogen-bond donors (Lipinski definition) is 2. The molecule has 1 aromatic carbocycles. The van der Waals surface area contributed by atoms with Crippen LogP contribution in [0, 0.1) is 12.8 Å². The van der Waals surface area contributed by atoms with Crippen LogP contribution in [0.4, 0.5) is 13.2 Å². The second-order valence-corrected chi connectivity index (χ2v) is 6.71. The van der Waals surface area contributed by atoms with E-state index in [0.717, 1.165) is 12.1 Å². The maximum Gasteiger partial charge on any atom is 0.416 e. The monoisotopic (exact) mass is 409 g/mol. The highest BCUT2D eigenvalue weighted by Crippen LogP contribution is 2.30. The average molecular weight is 409 g/mol. The molecule has 2 N–H and O–H groups in total. The average Bonchev–Trinajstić information content (AvgIpc) is 3.25. The third kappa shape index (κ3) is 4.76. The fourth-order valence-corrected chi connectivity index (χ4v) is 3.08. The Morgan fingerprint density at radius 3 is 2.66 bits per heavy atom. The Morgan fingerprint density at radius 1 is 1.24 bits per heavy atom. The summed E-state index contributed by atoms with van der Waals surface area (Å²) in [6, 6.07) is 6.15. The van der Waals surface area contributed by atoms with Crippen molar-refractivity contribution in [3.05, 3.63) is 59.0 Å². The van der Waals surface area contributed by atoms with Crippen molar-refractivity contribution in [1.82, 2.24) is 15.8 Å². The van der Waals surface area contributed by atoms with E-state index in [1.165, 1.54) is 29.4 Å². The van der Waals surface area contributed by atoms with Gasteiger partial charge < -0.3 is 9.32 Å². The first-order valence-corrected chi connectivity index (χ1v) is 8.73. The Labute approximate surface area is 163 Å². The van der Waals surface area contributed by atoms with Crippen LogP contribution >= 0.6 is 0 Å². The highest BCUT2D eigenvalue weighted by molar-refractivity contribution is 5.97. The Bertz CT molecular complexity index is 939. The van der Waals surface area contributed by atoms with Crippen molar-refractivity contribution in [3.8, 4) is 0 Å². The van der Waals surface area contributed by atoms with E-state index in [4.69, 9.17) is 4.42 Å². The molecular formula is C19H18F3N3O4. The Hall–Kier alpha value is -3.30. The van der Waals surface area contributed by atoms with Crippen LogP contribution in [-0.2, 0) is 22.3 Å². The van der Waals surface area contributed by atoms with Crippen LogP contribution in [0.1, 0.15) is 33.7 Å². The van der Waals surface area contributed by atoms with Gasteiger partial charge in [0.1, 0.15) is 5.76 Å². The van der Waals surface area contributed by atoms with Crippen molar-refractivity contribution < 1.29 is 32.0 Å². The van der Waals surface area contributed by atoms with Crippen LogP contribution in [0.3, 0.4) is 0 Å². The first-order valence-electron chi connectivity index (χ1n) is 8.73. The van der Waals surface area contributed by atoms with Gasteiger partial charge in [0.25, 0.3) is 5.91 Å². The van der Waals surface area contributed by atoms with Crippen LogP contribution in [-0.4, -0.2) is 29.2 Å². The summed E-state index contributed by atoms with van der Waals surface area (Å²) in [6.07, 6.45) is -3.22. The highest BCUT2D eigenvalue weighted by Gasteiger charge is 2.35. The number of carbonyl (C=O) groups is 3. The lowest BCUT2D eigenvalue weighted by molar-refractivity contribution is -0.137. The van der Waals surface area contributed by atoms with Crippen molar-refractivity contribution in [2.45, 2.75) is 26.1 Å². The van der Waals surface area contributed by atoms with Crippen LogP contribution < -0.4 is 10.9 Å². The van der Waals surface area contributed by atoms with E-state index < -0.39 is 29.5 Å². The standard InChI is InChI=1S/C19H18F3N3O4/c1-11-15(5-6-29-11)18(28)24-23-17(27)13-8-16(26)25(10-13)9-12-3-2-4-14(7-12)19(20,21)22/h2-7,13H,8-10H2,1H3,(H,23,27)(H,24,28)/t13-/m1/s1. The lowest BCUT2D eigenvalue weighted by Gasteiger charge is -2.17. The van der Waals surface area contributed by atoms with Gasteiger partial charge in [-0.25, -0.2) is 0 Å². The number of benzene rings is 1. The molecule has 3 rings (SSSR count). The van der Waals surface area contributed by atoms with Gasteiger partial charge in [-0.3, -0.25) is 25.2 Å². The third-order valence-electron chi connectivity index (χ3n) is 4.62. The molecule has 1 atom stereocenters. The van der Waals surface area contributed by atoms with Crippen molar-refractivity contribution in [2.75, 3.05) is 6.54 Å². The zero-order valence-electron chi connectivity index (χ0n) is 15.4. The lowest BCUT2D eigenvalue weighted by atomic mass is 10.1. The van der Waals surface area contributed by atoms with Gasteiger partial charge in [-0.05, 0) is 30.7 Å². The summed E-state index contributed by atoms with van der Waals surface area (Å²) in [5.74, 6) is -1.80. The third-order valence-corrected chi connectivity index (χ3v) is 4.62. The normalized spacial score (nSPS) is 16.8. The van der Waals surface area contributed by atoms with Crippen molar-refractivity contribution >= 4 is 17.7 Å². The van der Waals surface area contributed by atoms with Gasteiger partial charge in [0, 0.05) is 19.5 Å². The zero-order valence-corrected chi connectivity index (χ0v) is 15.4. The van der Waals surface area contributed by atoms with Crippen LogP contribution in [0.2, 0.25) is 0 Å². The molecule has 0 saturated carbocycles. The Balaban J connectivity index is 1.56. The van der Waals surface area contributed by atoms with Gasteiger partial charge in [0.05, 0.1) is 23.3 Å². The number of hydrazine groups is 1. The highest BCUT2D eigenvalue weighted by atomic mass is 19.4. The summed E-state index contributed by atoms with van der Waals surface area (Å²) in [5, 5.41) is 0. The van der Waals surface area contributed by atoms with E-state index in [2.05, 4.69) is 10.9 Å². The molecular weight excluding hydrogens is 391 g/mol. The molecule has 7 nitrogen and oxygen atoms in total. The molecule has 0 spiro atoms. The second kappa shape index (κ2) is 7.98. The number of nitrogens with zero attached hydrogens (tertiary/aromatic N) is 1. The van der Waals surface area contributed by atoms with Gasteiger partial charge >= 0.3 is 6.18 Å². The molecule has 1 aromatic heterocycles. The summed E-state index contributed by atoms with van der Waals surface area (Å²) in [7, 11) is 0. The molecule has 1 aliphatic rings. The molecule has 10 heteroatoms. The van der Waals surface area contributed by atoms with E-state index >= 15 is 0 Å². The van der Waals surface area contributed by atoms with Gasteiger partial charge in [-0.15, -0.1) is 0 Å². The molecule has 0 aliphatic carbocycles. The molecule has 2 heterocycles. The first-order chi connectivity index (χ1) is 13.6. The largest absolute Gasteiger partial charge is 0.469 e. The maximum absolute atomic E-state index is 12.8.